The van der Waals surface area contributed by atoms with Crippen molar-refractivity contribution >= 4 is 23.8 Å². The fraction of sp³-hybridized carbons (Fsp3) is 0.500. The van der Waals surface area contributed by atoms with Crippen molar-refractivity contribution in [3.63, 3.8) is 0 Å². The molecule has 1 aromatic carbocycles. The van der Waals surface area contributed by atoms with E-state index in [4.69, 9.17) is 4.74 Å². The van der Waals surface area contributed by atoms with Crippen molar-refractivity contribution in [2.75, 3.05) is 11.6 Å². The predicted molar refractivity (Wildman–Crippen MR) is 87.4 cm³/mol. The third-order valence-corrected chi connectivity index (χ3v) is 4.21. The van der Waals surface area contributed by atoms with Crippen molar-refractivity contribution in [2.45, 2.75) is 39.0 Å². The molecule has 0 radical (unpaired) electrons. The molecule has 1 aliphatic rings. The third kappa shape index (κ3) is 5.13. The Hall–Kier alpha value is -1.76. The zero-order chi connectivity index (χ0) is 17.0. The van der Waals surface area contributed by atoms with E-state index in [-0.39, 0.29) is 11.7 Å². The molecule has 0 spiro atoms. The standard InChI is InChI=1S/C16H21FN2O3S/c1-16(2,3)22-15(21)19-10-23-9-13(19)14(20)18-8-11-4-6-12(17)7-5-11/h4-7,13H,8-10H2,1-3H3,(H,18,20)/t13-/m0/s1. The third-order valence-electron chi connectivity index (χ3n) is 3.19. The maximum absolute atomic E-state index is 12.9. The molecule has 1 atom stereocenters. The molecule has 1 saturated heterocycles. The maximum Gasteiger partial charge on any atom is 0.411 e. The lowest BCUT2D eigenvalue weighted by Gasteiger charge is -2.27. The fourth-order valence-electron chi connectivity index (χ4n) is 2.07. The molecule has 1 aromatic rings. The van der Waals surface area contributed by atoms with E-state index < -0.39 is 17.7 Å². The van der Waals surface area contributed by atoms with Crippen LogP contribution in [0.5, 0.6) is 0 Å². The molecule has 1 N–H and O–H groups in total. The Labute approximate surface area is 139 Å². The van der Waals surface area contributed by atoms with Gasteiger partial charge in [0, 0.05) is 12.3 Å². The number of halogens is 1. The van der Waals surface area contributed by atoms with Crippen LogP contribution in [0, 0.1) is 5.82 Å². The second-order valence-electron chi connectivity index (χ2n) is 6.31. The van der Waals surface area contributed by atoms with Gasteiger partial charge in [0.15, 0.2) is 0 Å². The minimum Gasteiger partial charge on any atom is -0.444 e. The van der Waals surface area contributed by atoms with Crippen molar-refractivity contribution in [2.24, 2.45) is 0 Å². The van der Waals surface area contributed by atoms with Crippen molar-refractivity contribution < 1.29 is 18.7 Å². The highest BCUT2D eigenvalue weighted by Crippen LogP contribution is 2.23. The number of carbonyl (C=O) groups excluding carboxylic acids is 2. The lowest BCUT2D eigenvalue weighted by Crippen LogP contribution is -2.48. The van der Waals surface area contributed by atoms with Gasteiger partial charge in [0.05, 0.1) is 5.88 Å². The number of hydrogen-bond donors (Lipinski definition) is 1. The van der Waals surface area contributed by atoms with Crippen LogP contribution >= 0.6 is 11.8 Å². The summed E-state index contributed by atoms with van der Waals surface area (Å²) in [6.07, 6.45) is -0.482. The van der Waals surface area contributed by atoms with Crippen LogP contribution in [-0.2, 0) is 16.1 Å². The number of thioether (sulfide) groups is 1. The molecule has 2 rings (SSSR count). The molecule has 0 unspecified atom stereocenters. The Bertz CT molecular complexity index is 572. The van der Waals surface area contributed by atoms with Crippen LogP contribution in [0.2, 0.25) is 0 Å². The van der Waals surface area contributed by atoms with E-state index in [0.717, 1.165) is 5.56 Å². The summed E-state index contributed by atoms with van der Waals surface area (Å²) < 4.78 is 18.2. The Morgan fingerprint density at radius 2 is 2.00 bits per heavy atom. The number of rotatable bonds is 3. The number of nitrogens with one attached hydrogen (secondary N) is 1. The summed E-state index contributed by atoms with van der Waals surface area (Å²) in [7, 11) is 0. The van der Waals surface area contributed by atoms with Crippen LogP contribution in [0.3, 0.4) is 0 Å². The summed E-state index contributed by atoms with van der Waals surface area (Å²) in [5.41, 5.74) is 0.202. The van der Waals surface area contributed by atoms with Crippen molar-refractivity contribution in [3.05, 3.63) is 35.6 Å². The Morgan fingerprint density at radius 1 is 1.35 bits per heavy atom. The van der Waals surface area contributed by atoms with Gasteiger partial charge in [-0.05, 0) is 38.5 Å². The number of hydrogen-bond acceptors (Lipinski definition) is 4. The highest BCUT2D eigenvalue weighted by molar-refractivity contribution is 7.99. The lowest BCUT2D eigenvalue weighted by atomic mass is 10.2. The molecule has 23 heavy (non-hydrogen) atoms. The van der Waals surface area contributed by atoms with Crippen LogP contribution in [0.25, 0.3) is 0 Å². The molecule has 1 heterocycles. The molecule has 0 bridgehead atoms. The SMILES string of the molecule is CC(C)(C)OC(=O)N1CSC[C@H]1C(=O)NCc1ccc(F)cc1. The maximum atomic E-state index is 12.9. The first-order chi connectivity index (χ1) is 10.8. The van der Waals surface area contributed by atoms with Gasteiger partial charge in [-0.2, -0.15) is 0 Å². The van der Waals surface area contributed by atoms with Crippen molar-refractivity contribution in [1.29, 1.82) is 0 Å². The van der Waals surface area contributed by atoms with Gasteiger partial charge in [0.2, 0.25) is 5.91 Å². The Balaban J connectivity index is 1.92. The topological polar surface area (TPSA) is 58.6 Å². The number of nitrogens with zero attached hydrogens (tertiary/aromatic N) is 1. The Kier molecular flexibility index (Phi) is 5.51. The van der Waals surface area contributed by atoms with Gasteiger partial charge in [-0.3, -0.25) is 9.69 Å². The van der Waals surface area contributed by atoms with Gasteiger partial charge in [-0.25, -0.2) is 9.18 Å². The highest BCUT2D eigenvalue weighted by Gasteiger charge is 2.36. The van der Waals surface area contributed by atoms with Gasteiger partial charge >= 0.3 is 6.09 Å². The molecule has 1 fully saturated rings. The second-order valence-corrected chi connectivity index (χ2v) is 7.31. The van der Waals surface area contributed by atoms with Crippen LogP contribution in [0.15, 0.2) is 24.3 Å². The number of ether oxygens (including phenoxy) is 1. The van der Waals surface area contributed by atoms with E-state index in [0.29, 0.717) is 18.2 Å². The average Bonchev–Trinajstić information content (AvgIpc) is 2.94. The minimum absolute atomic E-state index is 0.231. The van der Waals surface area contributed by atoms with E-state index in [1.54, 1.807) is 32.9 Å². The van der Waals surface area contributed by atoms with Crippen LogP contribution < -0.4 is 5.32 Å². The summed E-state index contributed by atoms with van der Waals surface area (Å²) in [5, 5.41) is 2.78. The molecular formula is C16H21FN2O3S. The molecule has 2 amide bonds. The summed E-state index contributed by atoms with van der Waals surface area (Å²) in [5.74, 6) is 0.423. The van der Waals surface area contributed by atoms with Gasteiger partial charge in [0.25, 0.3) is 0 Å². The summed E-state index contributed by atoms with van der Waals surface area (Å²) in [4.78, 5) is 25.9. The lowest BCUT2D eigenvalue weighted by molar-refractivity contribution is -0.125. The minimum atomic E-state index is -0.598. The molecule has 7 heteroatoms. The van der Waals surface area contributed by atoms with Crippen LogP contribution in [-0.4, -0.2) is 40.2 Å². The molecule has 0 aromatic heterocycles. The smallest absolute Gasteiger partial charge is 0.411 e. The van der Waals surface area contributed by atoms with Crippen molar-refractivity contribution in [3.8, 4) is 0 Å². The van der Waals surface area contributed by atoms with E-state index >= 15 is 0 Å². The van der Waals surface area contributed by atoms with Crippen LogP contribution in [0.4, 0.5) is 9.18 Å². The molecule has 0 aliphatic carbocycles. The van der Waals surface area contributed by atoms with E-state index in [9.17, 15) is 14.0 Å². The summed E-state index contributed by atoms with van der Waals surface area (Å²) >= 11 is 1.51. The molecule has 126 valence electrons. The molecule has 0 saturated carbocycles. The first-order valence-electron chi connectivity index (χ1n) is 7.36. The fourth-order valence-corrected chi connectivity index (χ4v) is 3.21. The first-order valence-corrected chi connectivity index (χ1v) is 8.51. The second kappa shape index (κ2) is 7.21. The molecule has 1 aliphatic heterocycles. The first kappa shape index (κ1) is 17.6. The monoisotopic (exact) mass is 340 g/mol. The number of carbonyl (C=O) groups is 2. The zero-order valence-electron chi connectivity index (χ0n) is 13.5. The van der Waals surface area contributed by atoms with Crippen molar-refractivity contribution in [1.82, 2.24) is 10.2 Å². The zero-order valence-corrected chi connectivity index (χ0v) is 14.3. The van der Waals surface area contributed by atoms with E-state index in [1.165, 1.54) is 28.8 Å². The largest absolute Gasteiger partial charge is 0.444 e. The normalized spacial score (nSPS) is 17.9. The summed E-state index contributed by atoms with van der Waals surface area (Å²) in [6, 6.07) is 5.38. The number of amides is 2. The van der Waals surface area contributed by atoms with E-state index in [1.807, 2.05) is 0 Å². The van der Waals surface area contributed by atoms with Gasteiger partial charge in [-0.15, -0.1) is 11.8 Å². The predicted octanol–water partition coefficient (Wildman–Crippen LogP) is 2.75. The van der Waals surface area contributed by atoms with Gasteiger partial charge in [-0.1, -0.05) is 12.1 Å². The van der Waals surface area contributed by atoms with Crippen LogP contribution in [0.1, 0.15) is 26.3 Å². The Morgan fingerprint density at radius 3 is 2.61 bits per heavy atom. The summed E-state index contributed by atoms with van der Waals surface area (Å²) in [6.45, 7) is 5.66. The van der Waals surface area contributed by atoms with Gasteiger partial charge in [0.1, 0.15) is 17.5 Å². The molecular weight excluding hydrogens is 319 g/mol. The van der Waals surface area contributed by atoms with E-state index in [2.05, 4.69) is 5.32 Å². The average molecular weight is 340 g/mol. The number of benzene rings is 1. The van der Waals surface area contributed by atoms with Gasteiger partial charge < -0.3 is 10.1 Å². The highest BCUT2D eigenvalue weighted by atomic mass is 32.2. The molecule has 5 nitrogen and oxygen atoms in total. The quantitative estimate of drug-likeness (QED) is 0.919.